The van der Waals surface area contributed by atoms with Crippen molar-refractivity contribution in [1.29, 1.82) is 0 Å². The van der Waals surface area contributed by atoms with Crippen LogP contribution in [0, 0.1) is 0 Å². The van der Waals surface area contributed by atoms with Crippen molar-refractivity contribution in [2.24, 2.45) is 0 Å². The topological polar surface area (TPSA) is 26.7 Å². The smallest absolute Gasteiger partial charge is 0.0414 e. The van der Waals surface area contributed by atoms with Crippen LogP contribution in [-0.2, 0) is 0 Å². The number of nitrogens with zero attached hydrogens (tertiary/aromatic N) is 2. The highest BCUT2D eigenvalue weighted by Gasteiger charge is 2.14. The molecule has 0 atom stereocenters. The van der Waals surface area contributed by atoms with E-state index >= 15 is 0 Å². The van der Waals surface area contributed by atoms with Gasteiger partial charge in [-0.25, -0.2) is 0 Å². The van der Waals surface area contributed by atoms with Crippen LogP contribution in [-0.4, -0.2) is 36.4 Å². The average molecular weight is 340 g/mol. The van der Waals surface area contributed by atoms with Crippen molar-refractivity contribution in [3.8, 4) is 0 Å². The fourth-order valence-electron chi connectivity index (χ4n) is 1.59. The molecule has 3 nitrogen and oxygen atoms in total. The van der Waals surface area contributed by atoms with Gasteiger partial charge in [0, 0.05) is 31.9 Å². The molecule has 1 aliphatic heterocycles. The van der Waals surface area contributed by atoms with E-state index in [0.29, 0.717) is 0 Å². The number of benzene rings is 1. The molecule has 86 valence electrons. The Bertz CT molecular complexity index is 263. The second-order valence-electron chi connectivity index (χ2n) is 3.28. The minimum atomic E-state index is 0. The van der Waals surface area contributed by atoms with Crippen LogP contribution < -0.4 is 4.90 Å². The lowest BCUT2D eigenvalue weighted by molar-refractivity contribution is -0.0935. The normalized spacial score (nSPS) is 16.5. The van der Waals surface area contributed by atoms with Crippen molar-refractivity contribution in [2.45, 2.75) is 0 Å². The quantitative estimate of drug-likeness (QED) is 0.850. The first kappa shape index (κ1) is 14.9. The molecular weight excluding hydrogens is 324 g/mol. The van der Waals surface area contributed by atoms with Crippen LogP contribution in [0.4, 0.5) is 5.69 Å². The van der Waals surface area contributed by atoms with E-state index < -0.39 is 0 Å². The SMILES string of the molecule is Br.Br.ON1CCN(c2ccccc2)CC1. The van der Waals surface area contributed by atoms with Gasteiger partial charge in [0.05, 0.1) is 0 Å². The summed E-state index contributed by atoms with van der Waals surface area (Å²) in [5.41, 5.74) is 1.25. The zero-order valence-corrected chi connectivity index (χ0v) is 11.8. The lowest BCUT2D eigenvalue weighted by Crippen LogP contribution is -2.44. The molecule has 0 bridgehead atoms. The van der Waals surface area contributed by atoms with Crippen LogP contribution >= 0.6 is 34.0 Å². The summed E-state index contributed by atoms with van der Waals surface area (Å²) in [5, 5.41) is 10.6. The number of halogens is 2. The molecule has 0 saturated carbocycles. The molecule has 0 unspecified atom stereocenters. The number of hydrogen-bond donors (Lipinski definition) is 1. The van der Waals surface area contributed by atoms with Crippen molar-refractivity contribution in [3.63, 3.8) is 0 Å². The Hall–Kier alpha value is -0.100. The molecule has 0 spiro atoms. The Morgan fingerprint density at radius 1 is 0.867 bits per heavy atom. The van der Waals surface area contributed by atoms with Gasteiger partial charge in [-0.05, 0) is 12.1 Å². The number of anilines is 1. The van der Waals surface area contributed by atoms with E-state index in [0.717, 1.165) is 26.2 Å². The van der Waals surface area contributed by atoms with Gasteiger partial charge in [-0.3, -0.25) is 0 Å². The van der Waals surface area contributed by atoms with Crippen LogP contribution in [0.25, 0.3) is 0 Å². The van der Waals surface area contributed by atoms with E-state index in [1.54, 1.807) is 0 Å². The van der Waals surface area contributed by atoms with Crippen LogP contribution in [0.15, 0.2) is 30.3 Å². The van der Waals surface area contributed by atoms with E-state index in [2.05, 4.69) is 17.0 Å². The third-order valence-electron chi connectivity index (χ3n) is 2.38. The number of rotatable bonds is 1. The zero-order chi connectivity index (χ0) is 9.10. The highest BCUT2D eigenvalue weighted by atomic mass is 79.9. The molecule has 0 amide bonds. The first-order chi connectivity index (χ1) is 6.36. The largest absolute Gasteiger partial charge is 0.369 e. The summed E-state index contributed by atoms with van der Waals surface area (Å²) in [7, 11) is 0. The van der Waals surface area contributed by atoms with E-state index in [-0.39, 0.29) is 34.0 Å². The number of para-hydroxylation sites is 1. The second kappa shape index (κ2) is 7.22. The molecule has 1 aromatic rings. The lowest BCUT2D eigenvalue weighted by Gasteiger charge is -2.32. The third kappa shape index (κ3) is 4.10. The zero-order valence-electron chi connectivity index (χ0n) is 8.37. The highest BCUT2D eigenvalue weighted by molar-refractivity contribution is 8.93. The Morgan fingerprint density at radius 3 is 1.93 bits per heavy atom. The summed E-state index contributed by atoms with van der Waals surface area (Å²) in [4.78, 5) is 2.28. The molecule has 0 radical (unpaired) electrons. The van der Waals surface area contributed by atoms with Gasteiger partial charge in [-0.2, -0.15) is 5.06 Å². The Kier molecular flexibility index (Phi) is 7.17. The molecule has 15 heavy (non-hydrogen) atoms. The number of hydroxylamine groups is 2. The molecule has 0 aliphatic carbocycles. The fourth-order valence-corrected chi connectivity index (χ4v) is 1.59. The monoisotopic (exact) mass is 338 g/mol. The number of hydrogen-bond acceptors (Lipinski definition) is 3. The van der Waals surface area contributed by atoms with Crippen molar-refractivity contribution in [2.75, 3.05) is 31.1 Å². The van der Waals surface area contributed by atoms with E-state index in [9.17, 15) is 5.21 Å². The summed E-state index contributed by atoms with van der Waals surface area (Å²) in [6, 6.07) is 10.3. The van der Waals surface area contributed by atoms with Gasteiger partial charge in [-0.1, -0.05) is 18.2 Å². The standard InChI is InChI=1S/C10H14N2O.2BrH/c13-12-8-6-11(7-9-12)10-4-2-1-3-5-10;;/h1-5,13H,6-9H2;2*1H. The van der Waals surface area contributed by atoms with Gasteiger partial charge >= 0.3 is 0 Å². The maximum absolute atomic E-state index is 9.18. The first-order valence-electron chi connectivity index (χ1n) is 4.60. The van der Waals surface area contributed by atoms with Gasteiger partial charge in [0.1, 0.15) is 0 Å². The van der Waals surface area contributed by atoms with Crippen molar-refractivity contribution in [1.82, 2.24) is 5.06 Å². The van der Waals surface area contributed by atoms with Crippen molar-refractivity contribution >= 4 is 39.7 Å². The predicted molar refractivity (Wildman–Crippen MR) is 72.7 cm³/mol. The molecule has 1 aliphatic rings. The molecule has 1 saturated heterocycles. The predicted octanol–water partition coefficient (Wildman–Crippen LogP) is 2.35. The van der Waals surface area contributed by atoms with Crippen LogP contribution in [0.2, 0.25) is 0 Å². The van der Waals surface area contributed by atoms with Crippen LogP contribution in [0.1, 0.15) is 0 Å². The van der Waals surface area contributed by atoms with E-state index in [1.165, 1.54) is 10.8 Å². The molecule has 1 aromatic carbocycles. The van der Waals surface area contributed by atoms with Crippen molar-refractivity contribution < 1.29 is 5.21 Å². The van der Waals surface area contributed by atoms with Gasteiger partial charge in [0.15, 0.2) is 0 Å². The highest BCUT2D eigenvalue weighted by Crippen LogP contribution is 2.14. The maximum Gasteiger partial charge on any atom is 0.0414 e. The molecular formula is C10H16Br2N2O. The molecule has 0 aromatic heterocycles. The molecule has 2 rings (SSSR count). The minimum Gasteiger partial charge on any atom is -0.369 e. The Morgan fingerprint density at radius 2 is 1.40 bits per heavy atom. The van der Waals surface area contributed by atoms with E-state index in [1.807, 2.05) is 18.2 Å². The van der Waals surface area contributed by atoms with Gasteiger partial charge in [0.25, 0.3) is 0 Å². The van der Waals surface area contributed by atoms with E-state index in [4.69, 9.17) is 0 Å². The lowest BCUT2D eigenvalue weighted by atomic mass is 10.2. The fraction of sp³-hybridized carbons (Fsp3) is 0.400. The summed E-state index contributed by atoms with van der Waals surface area (Å²) >= 11 is 0. The first-order valence-corrected chi connectivity index (χ1v) is 4.60. The summed E-state index contributed by atoms with van der Waals surface area (Å²) in [6.45, 7) is 3.27. The molecule has 1 heterocycles. The minimum absolute atomic E-state index is 0. The second-order valence-corrected chi connectivity index (χ2v) is 3.28. The Balaban J connectivity index is 0.000000980. The summed E-state index contributed by atoms with van der Waals surface area (Å²) in [6.07, 6.45) is 0. The van der Waals surface area contributed by atoms with Gasteiger partial charge < -0.3 is 10.1 Å². The van der Waals surface area contributed by atoms with Crippen molar-refractivity contribution in [3.05, 3.63) is 30.3 Å². The number of piperazine rings is 1. The molecule has 1 N–H and O–H groups in total. The third-order valence-corrected chi connectivity index (χ3v) is 2.38. The average Bonchev–Trinajstić information content (AvgIpc) is 2.20. The Labute approximate surface area is 111 Å². The molecule has 5 heteroatoms. The van der Waals surface area contributed by atoms with Gasteiger partial charge in [0.2, 0.25) is 0 Å². The van der Waals surface area contributed by atoms with Crippen LogP contribution in [0.5, 0.6) is 0 Å². The summed E-state index contributed by atoms with van der Waals surface area (Å²) < 4.78 is 0. The maximum atomic E-state index is 9.18. The molecule has 1 fully saturated rings. The summed E-state index contributed by atoms with van der Waals surface area (Å²) in [5.74, 6) is 0. The van der Waals surface area contributed by atoms with Gasteiger partial charge in [-0.15, -0.1) is 34.0 Å². The van der Waals surface area contributed by atoms with Crippen LogP contribution in [0.3, 0.4) is 0 Å².